The van der Waals surface area contributed by atoms with Crippen LogP contribution in [0.4, 0.5) is 5.69 Å². The molecule has 1 aliphatic carbocycles. The van der Waals surface area contributed by atoms with Crippen molar-refractivity contribution in [3.05, 3.63) is 81.7 Å². The lowest BCUT2D eigenvalue weighted by atomic mass is 10.0. The van der Waals surface area contributed by atoms with Crippen molar-refractivity contribution in [1.82, 2.24) is 0 Å². The molecule has 1 aliphatic heterocycles. The lowest BCUT2D eigenvalue weighted by molar-refractivity contribution is -0.462. The zero-order valence-electron chi connectivity index (χ0n) is 17.0. The van der Waals surface area contributed by atoms with Gasteiger partial charge in [-0.1, -0.05) is 23.9 Å². The van der Waals surface area contributed by atoms with E-state index in [0.717, 1.165) is 37.9 Å². The number of aliphatic carboxylic acids is 1. The molecule has 1 heterocycles. The lowest BCUT2D eigenvalue weighted by Gasteiger charge is -2.18. The molecule has 0 amide bonds. The molecule has 0 saturated carbocycles. The first kappa shape index (κ1) is 23.2. The molecular formula is C23H25IN2O2S. The first-order chi connectivity index (χ1) is 13.3. The second-order valence-corrected chi connectivity index (χ2v) is 8.30. The standard InChI is InChI=1S/C23H24N2O2S.HI/c1-24(2)19-9-5-16(6-10-19)18-13-21(15-23(26)27)28-22(14-18)17-7-11-20(12-8-17)25(3)4;/h5-14H,15H2,1-4H3;1H. The van der Waals surface area contributed by atoms with Gasteiger partial charge in [0.05, 0.1) is 6.42 Å². The Labute approximate surface area is 193 Å². The highest BCUT2D eigenvalue weighted by atomic mass is 127. The summed E-state index contributed by atoms with van der Waals surface area (Å²) in [6, 6.07) is 8.32. The van der Waals surface area contributed by atoms with Crippen LogP contribution in [-0.2, 0) is 4.79 Å². The molecule has 4 nitrogen and oxygen atoms in total. The van der Waals surface area contributed by atoms with Crippen molar-refractivity contribution >= 4 is 34.7 Å². The van der Waals surface area contributed by atoms with Crippen LogP contribution in [0.5, 0.6) is 0 Å². The van der Waals surface area contributed by atoms with Crippen molar-refractivity contribution < 1.29 is 38.5 Å². The van der Waals surface area contributed by atoms with E-state index in [0.29, 0.717) is 0 Å². The average Bonchev–Trinajstić information content (AvgIpc) is 2.67. The summed E-state index contributed by atoms with van der Waals surface area (Å²) in [6.45, 7) is 0. The van der Waals surface area contributed by atoms with E-state index in [1.54, 1.807) is 0 Å². The summed E-state index contributed by atoms with van der Waals surface area (Å²) >= 11 is 1.53. The molecule has 0 radical (unpaired) electrons. The van der Waals surface area contributed by atoms with Crippen LogP contribution in [-0.4, -0.2) is 49.6 Å². The Hall–Kier alpha value is -2.06. The minimum Gasteiger partial charge on any atom is -1.00 e. The van der Waals surface area contributed by atoms with E-state index in [9.17, 15) is 9.90 Å². The number of carboxylic acids is 1. The molecule has 0 spiro atoms. The summed E-state index contributed by atoms with van der Waals surface area (Å²) in [5.41, 5.74) is 5.47. The van der Waals surface area contributed by atoms with Gasteiger partial charge in [-0.2, -0.15) is 0 Å². The van der Waals surface area contributed by atoms with Crippen molar-refractivity contribution in [3.63, 3.8) is 0 Å². The third-order valence-electron chi connectivity index (χ3n) is 4.55. The van der Waals surface area contributed by atoms with Gasteiger partial charge in [0.15, 0.2) is 5.71 Å². The van der Waals surface area contributed by atoms with Gasteiger partial charge in [0.25, 0.3) is 0 Å². The first-order valence-electron chi connectivity index (χ1n) is 9.08. The molecule has 2 aliphatic rings. The molecule has 29 heavy (non-hydrogen) atoms. The number of allylic oxidation sites excluding steroid dienone is 8. The molecule has 3 rings (SSSR count). The number of anilines is 1. The highest BCUT2D eigenvalue weighted by Gasteiger charge is 2.17. The monoisotopic (exact) mass is 520 g/mol. The number of carbonyl (C=O) groups is 1. The zero-order valence-corrected chi connectivity index (χ0v) is 20.0. The Balaban J connectivity index is 0.00000300. The van der Waals surface area contributed by atoms with Crippen LogP contribution >= 0.6 is 11.8 Å². The van der Waals surface area contributed by atoms with Crippen LogP contribution in [0.2, 0.25) is 0 Å². The fourth-order valence-electron chi connectivity index (χ4n) is 2.98. The minimum atomic E-state index is -0.815. The Morgan fingerprint density at radius 1 is 1.03 bits per heavy atom. The number of rotatable bonds is 4. The number of hydrogen-bond donors (Lipinski definition) is 1. The second kappa shape index (κ2) is 10.1. The normalized spacial score (nSPS) is 15.5. The van der Waals surface area contributed by atoms with Crippen molar-refractivity contribution in [1.29, 1.82) is 0 Å². The molecule has 0 fully saturated rings. The maximum Gasteiger partial charge on any atom is 0.308 e. The Kier molecular flexibility index (Phi) is 8.10. The molecule has 152 valence electrons. The van der Waals surface area contributed by atoms with Gasteiger partial charge in [-0.15, -0.1) is 0 Å². The zero-order chi connectivity index (χ0) is 20.3. The predicted octanol–water partition coefficient (Wildman–Crippen LogP) is 1.34. The molecule has 6 heteroatoms. The lowest BCUT2D eigenvalue weighted by Crippen LogP contribution is -3.00. The van der Waals surface area contributed by atoms with Gasteiger partial charge in [0.2, 0.25) is 0 Å². The van der Waals surface area contributed by atoms with E-state index in [4.69, 9.17) is 0 Å². The molecular weight excluding hydrogens is 495 g/mol. The molecule has 1 aromatic rings. The topological polar surface area (TPSA) is 43.5 Å². The molecule has 0 saturated heterocycles. The number of carboxylic acid groups (broad SMARTS) is 1. The second-order valence-electron chi connectivity index (χ2n) is 7.13. The molecule has 0 atom stereocenters. The third kappa shape index (κ3) is 5.96. The van der Waals surface area contributed by atoms with Crippen molar-refractivity contribution in [2.75, 3.05) is 33.1 Å². The SMILES string of the molecule is CN(C)c1ccc(C2=CC(=C3C=CC(=[N+](C)C)C=C3)SC(CC(=O)O)=C2)cc1.[I-]. The fraction of sp³-hybridized carbons (Fsp3) is 0.217. The maximum atomic E-state index is 11.3. The minimum absolute atomic E-state index is 0. The highest BCUT2D eigenvalue weighted by molar-refractivity contribution is 8.07. The van der Waals surface area contributed by atoms with Gasteiger partial charge in [0.1, 0.15) is 14.1 Å². The number of halogens is 1. The molecule has 0 unspecified atom stereocenters. The summed E-state index contributed by atoms with van der Waals surface area (Å²) in [7, 11) is 8.06. The highest BCUT2D eigenvalue weighted by Crippen LogP contribution is 2.40. The largest absolute Gasteiger partial charge is 1.00 e. The summed E-state index contributed by atoms with van der Waals surface area (Å²) < 4.78 is 2.06. The van der Waals surface area contributed by atoms with Crippen LogP contribution in [0.1, 0.15) is 12.0 Å². The number of thioether (sulfide) groups is 1. The summed E-state index contributed by atoms with van der Waals surface area (Å²) in [5.74, 6) is -0.815. The van der Waals surface area contributed by atoms with E-state index in [-0.39, 0.29) is 30.4 Å². The molecule has 0 aromatic heterocycles. The Morgan fingerprint density at radius 2 is 1.66 bits per heavy atom. The summed E-state index contributed by atoms with van der Waals surface area (Å²) in [5, 5.41) is 9.28. The Bertz CT molecular complexity index is 959. The number of benzene rings is 1. The van der Waals surface area contributed by atoms with Crippen LogP contribution in [0.25, 0.3) is 5.57 Å². The van der Waals surface area contributed by atoms with E-state index in [1.807, 2.05) is 34.3 Å². The summed E-state index contributed by atoms with van der Waals surface area (Å²) in [6.07, 6.45) is 12.5. The van der Waals surface area contributed by atoms with E-state index in [2.05, 4.69) is 64.1 Å². The average molecular weight is 520 g/mol. The third-order valence-corrected chi connectivity index (χ3v) is 5.65. The molecule has 0 bridgehead atoms. The van der Waals surface area contributed by atoms with Crippen LogP contribution in [0.15, 0.2) is 76.1 Å². The first-order valence-corrected chi connectivity index (χ1v) is 9.89. The Morgan fingerprint density at radius 3 is 2.17 bits per heavy atom. The van der Waals surface area contributed by atoms with Crippen molar-refractivity contribution in [3.8, 4) is 0 Å². The van der Waals surface area contributed by atoms with Gasteiger partial charge in [-0.3, -0.25) is 4.79 Å². The predicted molar refractivity (Wildman–Crippen MR) is 119 cm³/mol. The van der Waals surface area contributed by atoms with Crippen molar-refractivity contribution in [2.24, 2.45) is 0 Å². The van der Waals surface area contributed by atoms with Gasteiger partial charge >= 0.3 is 5.97 Å². The quantitative estimate of drug-likeness (QED) is 0.481. The number of hydrogen-bond acceptors (Lipinski definition) is 3. The fourth-order valence-corrected chi connectivity index (χ4v) is 4.08. The van der Waals surface area contributed by atoms with Gasteiger partial charge in [-0.25, -0.2) is 4.58 Å². The summed E-state index contributed by atoms with van der Waals surface area (Å²) in [4.78, 5) is 15.3. The van der Waals surface area contributed by atoms with E-state index >= 15 is 0 Å². The van der Waals surface area contributed by atoms with Crippen LogP contribution in [0.3, 0.4) is 0 Å². The van der Waals surface area contributed by atoms with E-state index in [1.165, 1.54) is 11.8 Å². The van der Waals surface area contributed by atoms with E-state index < -0.39 is 5.97 Å². The number of nitrogens with zero attached hydrogens (tertiary/aromatic N) is 2. The van der Waals surface area contributed by atoms with Crippen LogP contribution < -0.4 is 28.9 Å². The van der Waals surface area contributed by atoms with Gasteiger partial charge in [0, 0.05) is 41.7 Å². The molecule has 1 aromatic carbocycles. The van der Waals surface area contributed by atoms with Crippen molar-refractivity contribution in [2.45, 2.75) is 6.42 Å². The van der Waals surface area contributed by atoms with Gasteiger partial charge < -0.3 is 34.0 Å². The smallest absolute Gasteiger partial charge is 0.308 e. The maximum absolute atomic E-state index is 11.3. The van der Waals surface area contributed by atoms with Gasteiger partial charge in [-0.05, 0) is 53.1 Å². The molecule has 1 N–H and O–H groups in total. The van der Waals surface area contributed by atoms with Crippen LogP contribution in [0, 0.1) is 0 Å².